The number of nitriles is 1. The number of aliphatic hydroxyl groups is 2. The Morgan fingerprint density at radius 1 is 1.11 bits per heavy atom. The zero-order valence-electron chi connectivity index (χ0n) is 19.1. The first-order chi connectivity index (χ1) is 16.2. The van der Waals surface area contributed by atoms with E-state index in [4.69, 9.17) is 5.11 Å². The molecular weight excluding hydrogens is 460 g/mol. The Morgan fingerprint density at radius 3 is 2.34 bits per heavy atom. The molecule has 0 aliphatic heterocycles. The fraction of sp³-hybridized carbons (Fsp3) is 0.346. The van der Waals surface area contributed by atoms with E-state index in [0.29, 0.717) is 28.9 Å². The molecule has 0 aliphatic carbocycles. The molecule has 2 atom stereocenters. The van der Waals surface area contributed by atoms with Crippen LogP contribution in [-0.4, -0.2) is 72.6 Å². The third kappa shape index (κ3) is 7.00. The first kappa shape index (κ1) is 28.7. The number of halogens is 1. The molecule has 1 aromatic carbocycles. The SMILES string of the molecule is CC(C)n1c(C#N)c(-c2ccccn2)c(-c2ccc(F)cc2)c1CC[C@@H](O)C[C@@H](O)CC(=O)O.[NaH]. The first-order valence-corrected chi connectivity index (χ1v) is 11.1. The quantitative estimate of drug-likeness (QED) is 0.374. The van der Waals surface area contributed by atoms with Crippen molar-refractivity contribution in [2.45, 2.75) is 57.8 Å². The van der Waals surface area contributed by atoms with E-state index in [1.165, 1.54) is 12.1 Å². The number of aliphatic carboxylic acids is 1. The van der Waals surface area contributed by atoms with Crippen LogP contribution in [0.2, 0.25) is 0 Å². The molecule has 0 radical (unpaired) electrons. The van der Waals surface area contributed by atoms with Crippen LogP contribution < -0.4 is 0 Å². The molecule has 2 aromatic heterocycles. The summed E-state index contributed by atoms with van der Waals surface area (Å²) >= 11 is 0. The third-order valence-electron chi connectivity index (χ3n) is 5.65. The van der Waals surface area contributed by atoms with E-state index in [-0.39, 0.29) is 54.3 Å². The van der Waals surface area contributed by atoms with E-state index in [0.717, 1.165) is 11.3 Å². The molecule has 0 bridgehead atoms. The van der Waals surface area contributed by atoms with Gasteiger partial charge >= 0.3 is 35.5 Å². The van der Waals surface area contributed by atoms with Crippen molar-refractivity contribution >= 4 is 35.5 Å². The Labute approximate surface area is 226 Å². The van der Waals surface area contributed by atoms with Gasteiger partial charge in [-0.15, -0.1) is 0 Å². The number of pyridine rings is 1. The molecule has 3 N–H and O–H groups in total. The maximum atomic E-state index is 13.7. The van der Waals surface area contributed by atoms with E-state index >= 15 is 0 Å². The van der Waals surface area contributed by atoms with Crippen LogP contribution in [0.5, 0.6) is 0 Å². The molecule has 0 fully saturated rings. The summed E-state index contributed by atoms with van der Waals surface area (Å²) in [6.45, 7) is 3.90. The number of carboxylic acid groups (broad SMARTS) is 1. The molecule has 0 amide bonds. The van der Waals surface area contributed by atoms with Gasteiger partial charge in [-0.25, -0.2) is 4.39 Å². The van der Waals surface area contributed by atoms with Crippen molar-refractivity contribution in [3.63, 3.8) is 0 Å². The number of rotatable bonds is 10. The van der Waals surface area contributed by atoms with Crippen molar-refractivity contribution in [2.24, 2.45) is 0 Å². The van der Waals surface area contributed by atoms with Gasteiger partial charge in [-0.05, 0) is 62.9 Å². The summed E-state index contributed by atoms with van der Waals surface area (Å²) in [4.78, 5) is 15.3. The molecule has 7 nitrogen and oxygen atoms in total. The fourth-order valence-electron chi connectivity index (χ4n) is 4.27. The second-order valence-electron chi connectivity index (χ2n) is 8.52. The number of hydrogen-bond donors (Lipinski definition) is 3. The van der Waals surface area contributed by atoms with Crippen LogP contribution in [0.4, 0.5) is 4.39 Å². The normalized spacial score (nSPS) is 12.6. The second kappa shape index (κ2) is 13.0. The van der Waals surface area contributed by atoms with E-state index in [9.17, 15) is 24.7 Å². The van der Waals surface area contributed by atoms with Crippen LogP contribution in [0.3, 0.4) is 0 Å². The molecule has 3 rings (SSSR count). The topological polar surface area (TPSA) is 119 Å². The summed E-state index contributed by atoms with van der Waals surface area (Å²) < 4.78 is 15.6. The van der Waals surface area contributed by atoms with Crippen molar-refractivity contribution in [1.82, 2.24) is 9.55 Å². The number of aromatic nitrogens is 2. The molecule has 180 valence electrons. The minimum atomic E-state index is -1.15. The van der Waals surface area contributed by atoms with Crippen LogP contribution in [-0.2, 0) is 11.2 Å². The van der Waals surface area contributed by atoms with Crippen LogP contribution in [0.15, 0.2) is 48.7 Å². The molecule has 0 unspecified atom stereocenters. The van der Waals surface area contributed by atoms with Gasteiger partial charge in [0.1, 0.15) is 17.6 Å². The van der Waals surface area contributed by atoms with E-state index in [2.05, 4.69) is 11.1 Å². The average Bonchev–Trinajstić information content (AvgIpc) is 3.12. The van der Waals surface area contributed by atoms with Crippen molar-refractivity contribution in [3.05, 3.63) is 65.9 Å². The Hall–Kier alpha value is -2.54. The number of carbonyl (C=O) groups is 1. The zero-order valence-corrected chi connectivity index (χ0v) is 19.1. The van der Waals surface area contributed by atoms with Crippen molar-refractivity contribution < 1.29 is 24.5 Å². The molecule has 9 heteroatoms. The van der Waals surface area contributed by atoms with Gasteiger partial charge in [0, 0.05) is 29.1 Å². The summed E-state index contributed by atoms with van der Waals surface area (Å²) in [5.74, 6) is -1.51. The van der Waals surface area contributed by atoms with Crippen LogP contribution in [0.1, 0.15) is 50.5 Å². The Kier molecular flexibility index (Phi) is 10.6. The Morgan fingerprint density at radius 2 is 1.80 bits per heavy atom. The molecule has 35 heavy (non-hydrogen) atoms. The van der Waals surface area contributed by atoms with Gasteiger partial charge in [-0.3, -0.25) is 9.78 Å². The van der Waals surface area contributed by atoms with Crippen molar-refractivity contribution in [1.29, 1.82) is 5.26 Å². The first-order valence-electron chi connectivity index (χ1n) is 11.1. The van der Waals surface area contributed by atoms with Gasteiger partial charge < -0.3 is 19.9 Å². The van der Waals surface area contributed by atoms with Crippen LogP contribution in [0, 0.1) is 17.1 Å². The van der Waals surface area contributed by atoms with Crippen LogP contribution in [0.25, 0.3) is 22.4 Å². The minimum absolute atomic E-state index is 0. The van der Waals surface area contributed by atoms with E-state index in [1.807, 2.05) is 30.5 Å². The molecule has 3 aromatic rings. The molecule has 0 aliphatic rings. The number of carboxylic acids is 1. The predicted molar refractivity (Wildman–Crippen MR) is 133 cm³/mol. The van der Waals surface area contributed by atoms with Crippen LogP contribution >= 0.6 is 0 Å². The van der Waals surface area contributed by atoms with Gasteiger partial charge in [0.2, 0.25) is 0 Å². The zero-order chi connectivity index (χ0) is 24.8. The predicted octanol–water partition coefficient (Wildman–Crippen LogP) is 3.68. The average molecular weight is 490 g/mol. The van der Waals surface area contributed by atoms with Gasteiger partial charge in [0.15, 0.2) is 0 Å². The summed E-state index contributed by atoms with van der Waals surface area (Å²) in [5.41, 5.74) is 3.90. The number of benzene rings is 1. The Balaban J connectivity index is 0.00000432. The third-order valence-corrected chi connectivity index (χ3v) is 5.65. The second-order valence-corrected chi connectivity index (χ2v) is 8.52. The number of nitrogens with zero attached hydrogens (tertiary/aromatic N) is 3. The molecule has 0 saturated heterocycles. The number of aliphatic hydroxyl groups excluding tert-OH is 2. The van der Waals surface area contributed by atoms with Crippen molar-refractivity contribution in [3.8, 4) is 28.5 Å². The fourth-order valence-corrected chi connectivity index (χ4v) is 4.27. The monoisotopic (exact) mass is 489 g/mol. The molecule has 0 spiro atoms. The molecular formula is C26H29FN3NaO4. The summed E-state index contributed by atoms with van der Waals surface area (Å²) in [5, 5.41) is 39.3. The van der Waals surface area contributed by atoms with Gasteiger partial charge in [0.05, 0.1) is 24.3 Å². The van der Waals surface area contributed by atoms with Gasteiger partial charge in [-0.2, -0.15) is 5.26 Å². The Bertz CT molecular complexity index is 1170. The summed E-state index contributed by atoms with van der Waals surface area (Å²) in [7, 11) is 0. The van der Waals surface area contributed by atoms with Gasteiger partial charge in [-0.1, -0.05) is 18.2 Å². The number of hydrogen-bond acceptors (Lipinski definition) is 5. The molecule has 2 heterocycles. The summed E-state index contributed by atoms with van der Waals surface area (Å²) in [6, 6.07) is 13.7. The maximum absolute atomic E-state index is 13.7. The summed E-state index contributed by atoms with van der Waals surface area (Å²) in [6.07, 6.45) is -0.358. The standard InChI is InChI=1S/C26H28FN3O4.Na.H/c1-16(2)30-22(11-10-19(31)13-20(32)14-24(33)34)25(17-6-8-18(27)9-7-17)26(23(30)15-28)21-5-3-4-12-29-21;;/h3-9,12,16,19-20,31-32H,10-11,13-14H2,1-2H3,(H,33,34);;/t19-,20-;;/m1../s1. The van der Waals surface area contributed by atoms with Crippen molar-refractivity contribution in [2.75, 3.05) is 0 Å². The van der Waals surface area contributed by atoms with E-state index < -0.39 is 24.6 Å². The van der Waals surface area contributed by atoms with Gasteiger partial charge in [0.25, 0.3) is 0 Å². The van der Waals surface area contributed by atoms with E-state index in [1.54, 1.807) is 24.4 Å². The molecule has 0 saturated carbocycles.